The standard InChI is InChI=1S/C19H28N2/c1-3-5-6-7-8-13-18(20-4-2)16-11-9-14-19-17(16)12-10-15-21-19/h9-12,14-15,18,20H,3-8,13H2,1-2H3. The third-order valence-corrected chi connectivity index (χ3v) is 4.10. The summed E-state index contributed by atoms with van der Waals surface area (Å²) in [5.74, 6) is 0. The Morgan fingerprint density at radius 2 is 1.86 bits per heavy atom. The predicted molar refractivity (Wildman–Crippen MR) is 91.5 cm³/mol. The van der Waals surface area contributed by atoms with Gasteiger partial charge in [0.25, 0.3) is 0 Å². The third-order valence-electron chi connectivity index (χ3n) is 4.10. The molecule has 0 saturated carbocycles. The summed E-state index contributed by atoms with van der Waals surface area (Å²) >= 11 is 0. The van der Waals surface area contributed by atoms with E-state index >= 15 is 0 Å². The first-order valence-corrected chi connectivity index (χ1v) is 8.43. The molecular weight excluding hydrogens is 256 g/mol. The summed E-state index contributed by atoms with van der Waals surface area (Å²) in [7, 11) is 0. The zero-order valence-corrected chi connectivity index (χ0v) is 13.4. The molecule has 0 radical (unpaired) electrons. The maximum Gasteiger partial charge on any atom is 0.0705 e. The van der Waals surface area contributed by atoms with Gasteiger partial charge in [0, 0.05) is 17.6 Å². The number of nitrogens with one attached hydrogen (secondary N) is 1. The normalized spacial score (nSPS) is 12.7. The average Bonchev–Trinajstić information content (AvgIpc) is 2.53. The van der Waals surface area contributed by atoms with Gasteiger partial charge in [0.1, 0.15) is 0 Å². The topological polar surface area (TPSA) is 24.9 Å². The number of fused-ring (bicyclic) bond motifs is 1. The Morgan fingerprint density at radius 1 is 1.00 bits per heavy atom. The minimum atomic E-state index is 0.449. The fourth-order valence-electron chi connectivity index (χ4n) is 3.00. The number of hydrogen-bond donors (Lipinski definition) is 1. The van der Waals surface area contributed by atoms with Gasteiger partial charge >= 0.3 is 0 Å². The Hall–Kier alpha value is -1.41. The summed E-state index contributed by atoms with van der Waals surface area (Å²) in [6.07, 6.45) is 9.78. The van der Waals surface area contributed by atoms with Crippen LogP contribution in [0.25, 0.3) is 10.9 Å². The molecular formula is C19H28N2. The summed E-state index contributed by atoms with van der Waals surface area (Å²) in [6, 6.07) is 11.2. The quantitative estimate of drug-likeness (QED) is 0.636. The smallest absolute Gasteiger partial charge is 0.0705 e. The monoisotopic (exact) mass is 284 g/mol. The van der Waals surface area contributed by atoms with Crippen LogP contribution in [0, 0.1) is 0 Å². The van der Waals surface area contributed by atoms with Gasteiger partial charge in [0.2, 0.25) is 0 Å². The molecule has 2 nitrogen and oxygen atoms in total. The highest BCUT2D eigenvalue weighted by Crippen LogP contribution is 2.27. The number of aromatic nitrogens is 1. The number of hydrogen-bond acceptors (Lipinski definition) is 2. The highest BCUT2D eigenvalue weighted by atomic mass is 14.9. The lowest BCUT2D eigenvalue weighted by Crippen LogP contribution is -2.21. The highest BCUT2D eigenvalue weighted by molar-refractivity contribution is 5.82. The molecule has 1 aromatic heterocycles. The van der Waals surface area contributed by atoms with Crippen molar-refractivity contribution in [2.75, 3.05) is 6.54 Å². The molecule has 0 aliphatic carbocycles. The first-order valence-electron chi connectivity index (χ1n) is 8.43. The van der Waals surface area contributed by atoms with E-state index in [0.717, 1.165) is 12.1 Å². The summed E-state index contributed by atoms with van der Waals surface area (Å²) in [4.78, 5) is 4.48. The van der Waals surface area contributed by atoms with Gasteiger partial charge in [-0.25, -0.2) is 0 Å². The lowest BCUT2D eigenvalue weighted by Gasteiger charge is -2.20. The molecule has 0 fully saturated rings. The van der Waals surface area contributed by atoms with E-state index in [0.29, 0.717) is 6.04 Å². The molecule has 1 atom stereocenters. The molecule has 2 aromatic rings. The third kappa shape index (κ3) is 4.53. The van der Waals surface area contributed by atoms with E-state index in [2.05, 4.69) is 48.4 Å². The van der Waals surface area contributed by atoms with Gasteiger partial charge in [-0.3, -0.25) is 4.98 Å². The van der Waals surface area contributed by atoms with Crippen molar-refractivity contribution in [1.82, 2.24) is 10.3 Å². The Morgan fingerprint density at radius 3 is 2.67 bits per heavy atom. The average molecular weight is 284 g/mol. The summed E-state index contributed by atoms with van der Waals surface area (Å²) in [6.45, 7) is 5.47. The van der Waals surface area contributed by atoms with E-state index in [-0.39, 0.29) is 0 Å². The van der Waals surface area contributed by atoms with Gasteiger partial charge in [-0.15, -0.1) is 0 Å². The second-order valence-electron chi connectivity index (χ2n) is 5.73. The van der Waals surface area contributed by atoms with Crippen LogP contribution in [-0.2, 0) is 0 Å². The van der Waals surface area contributed by atoms with Crippen molar-refractivity contribution in [1.29, 1.82) is 0 Å². The van der Waals surface area contributed by atoms with Crippen molar-refractivity contribution in [2.45, 2.75) is 58.4 Å². The van der Waals surface area contributed by atoms with Gasteiger partial charge in [-0.2, -0.15) is 0 Å². The van der Waals surface area contributed by atoms with E-state index in [1.807, 2.05) is 12.3 Å². The zero-order valence-electron chi connectivity index (χ0n) is 13.4. The number of pyridine rings is 1. The molecule has 1 aromatic carbocycles. The van der Waals surface area contributed by atoms with Gasteiger partial charge in [0.05, 0.1) is 5.52 Å². The Bertz CT molecular complexity index is 531. The number of benzene rings is 1. The maximum atomic E-state index is 4.48. The minimum Gasteiger partial charge on any atom is -0.310 e. The van der Waals surface area contributed by atoms with Crippen molar-refractivity contribution in [3.63, 3.8) is 0 Å². The van der Waals surface area contributed by atoms with Crippen LogP contribution in [0.1, 0.15) is 64.0 Å². The molecule has 1 unspecified atom stereocenters. The molecule has 0 aliphatic heterocycles. The molecule has 2 heteroatoms. The number of unbranched alkanes of at least 4 members (excludes halogenated alkanes) is 4. The van der Waals surface area contributed by atoms with Crippen molar-refractivity contribution in [2.24, 2.45) is 0 Å². The van der Waals surface area contributed by atoms with Crippen LogP contribution in [0.3, 0.4) is 0 Å². The maximum absolute atomic E-state index is 4.48. The van der Waals surface area contributed by atoms with Crippen LogP contribution in [0.2, 0.25) is 0 Å². The summed E-state index contributed by atoms with van der Waals surface area (Å²) in [5.41, 5.74) is 2.50. The Labute approximate surface area is 129 Å². The van der Waals surface area contributed by atoms with Gasteiger partial charge < -0.3 is 5.32 Å². The van der Waals surface area contributed by atoms with Crippen LogP contribution in [0.15, 0.2) is 36.5 Å². The van der Waals surface area contributed by atoms with Crippen molar-refractivity contribution >= 4 is 10.9 Å². The van der Waals surface area contributed by atoms with Crippen LogP contribution >= 0.6 is 0 Å². The first kappa shape index (κ1) is 16.0. The van der Waals surface area contributed by atoms with Gasteiger partial charge in [-0.05, 0) is 30.7 Å². The van der Waals surface area contributed by atoms with E-state index in [1.165, 1.54) is 49.5 Å². The molecule has 0 saturated heterocycles. The van der Waals surface area contributed by atoms with E-state index in [4.69, 9.17) is 0 Å². The Balaban J connectivity index is 2.08. The second-order valence-corrected chi connectivity index (χ2v) is 5.73. The minimum absolute atomic E-state index is 0.449. The molecule has 0 amide bonds. The summed E-state index contributed by atoms with van der Waals surface area (Å²) < 4.78 is 0. The molecule has 114 valence electrons. The Kier molecular flexibility index (Phi) is 6.68. The molecule has 21 heavy (non-hydrogen) atoms. The van der Waals surface area contributed by atoms with E-state index < -0.39 is 0 Å². The predicted octanol–water partition coefficient (Wildman–Crippen LogP) is 5.25. The highest BCUT2D eigenvalue weighted by Gasteiger charge is 2.13. The summed E-state index contributed by atoms with van der Waals surface area (Å²) in [5, 5.41) is 4.95. The fraction of sp³-hybridized carbons (Fsp3) is 0.526. The van der Waals surface area contributed by atoms with Crippen LogP contribution in [0.5, 0.6) is 0 Å². The second kappa shape index (κ2) is 8.78. The zero-order chi connectivity index (χ0) is 14.9. The molecule has 0 bridgehead atoms. The molecule has 1 heterocycles. The van der Waals surface area contributed by atoms with Gasteiger partial charge in [0.15, 0.2) is 0 Å². The number of nitrogens with zero attached hydrogens (tertiary/aromatic N) is 1. The molecule has 1 N–H and O–H groups in total. The van der Waals surface area contributed by atoms with E-state index in [9.17, 15) is 0 Å². The largest absolute Gasteiger partial charge is 0.310 e. The van der Waals surface area contributed by atoms with Crippen molar-refractivity contribution in [3.8, 4) is 0 Å². The van der Waals surface area contributed by atoms with Crippen molar-refractivity contribution in [3.05, 3.63) is 42.1 Å². The first-order chi connectivity index (χ1) is 10.4. The van der Waals surface area contributed by atoms with E-state index in [1.54, 1.807) is 0 Å². The van der Waals surface area contributed by atoms with Crippen LogP contribution in [0.4, 0.5) is 0 Å². The fourth-order valence-corrected chi connectivity index (χ4v) is 3.00. The van der Waals surface area contributed by atoms with Crippen molar-refractivity contribution < 1.29 is 0 Å². The van der Waals surface area contributed by atoms with Gasteiger partial charge in [-0.1, -0.05) is 64.2 Å². The van der Waals surface area contributed by atoms with Crippen LogP contribution in [-0.4, -0.2) is 11.5 Å². The SMILES string of the molecule is CCCCCCCC(NCC)c1cccc2ncccc12. The molecule has 0 spiro atoms. The molecule has 0 aliphatic rings. The lowest BCUT2D eigenvalue weighted by molar-refractivity contribution is 0.481. The number of rotatable bonds is 9. The molecule has 2 rings (SSSR count). The van der Waals surface area contributed by atoms with Crippen LogP contribution < -0.4 is 5.32 Å². The lowest BCUT2D eigenvalue weighted by atomic mass is 9.96.